The number of aromatic nitrogens is 1. The third kappa shape index (κ3) is 3.94. The highest BCUT2D eigenvalue weighted by atomic mass is 35.5. The Bertz CT molecular complexity index is 1040. The van der Waals surface area contributed by atoms with Crippen molar-refractivity contribution < 1.29 is 19.4 Å². The molecular formula is C22H20ClNO4. The number of hydrogen-bond acceptors (Lipinski definition) is 4. The molecule has 0 radical (unpaired) electrons. The van der Waals surface area contributed by atoms with E-state index in [4.69, 9.17) is 16.3 Å². The molecule has 144 valence electrons. The fourth-order valence-corrected chi connectivity index (χ4v) is 3.26. The number of ketones is 1. The van der Waals surface area contributed by atoms with Crippen LogP contribution in [0.3, 0.4) is 0 Å². The van der Waals surface area contributed by atoms with Crippen LogP contribution < -0.4 is 0 Å². The fourth-order valence-electron chi connectivity index (χ4n) is 3.13. The van der Waals surface area contributed by atoms with E-state index in [1.807, 2.05) is 30.5 Å². The Morgan fingerprint density at radius 3 is 2.39 bits per heavy atom. The Labute approximate surface area is 168 Å². The number of rotatable bonds is 5. The second-order valence-corrected chi connectivity index (χ2v) is 7.00. The number of aryl methyl sites for hydroxylation is 1. The molecule has 0 saturated carbocycles. The van der Waals surface area contributed by atoms with Crippen molar-refractivity contribution >= 4 is 23.4 Å². The van der Waals surface area contributed by atoms with Crippen LogP contribution in [0.2, 0.25) is 5.02 Å². The van der Waals surface area contributed by atoms with Crippen molar-refractivity contribution in [2.75, 3.05) is 0 Å². The zero-order chi connectivity index (χ0) is 20.4. The SMILES string of the molecule is Cc1cc(C(=O)[C@H](C)OC(=O)c2cccc(O)c2)c(C)n1-c1ccc(Cl)cc1. The zero-order valence-corrected chi connectivity index (χ0v) is 16.5. The summed E-state index contributed by atoms with van der Waals surface area (Å²) >= 11 is 5.96. The minimum absolute atomic E-state index is 0.0417. The maximum Gasteiger partial charge on any atom is 0.338 e. The van der Waals surface area contributed by atoms with Crippen LogP contribution in [0.15, 0.2) is 54.6 Å². The highest BCUT2D eigenvalue weighted by Crippen LogP contribution is 2.24. The Morgan fingerprint density at radius 2 is 1.75 bits per heavy atom. The molecule has 28 heavy (non-hydrogen) atoms. The van der Waals surface area contributed by atoms with E-state index in [1.165, 1.54) is 31.2 Å². The number of halogens is 1. The summed E-state index contributed by atoms with van der Waals surface area (Å²) in [4.78, 5) is 25.1. The highest BCUT2D eigenvalue weighted by molar-refractivity contribution is 6.30. The molecule has 2 aromatic carbocycles. The molecule has 3 aromatic rings. The van der Waals surface area contributed by atoms with E-state index in [1.54, 1.807) is 18.2 Å². The minimum Gasteiger partial charge on any atom is -0.508 e. The van der Waals surface area contributed by atoms with Crippen molar-refractivity contribution in [2.24, 2.45) is 0 Å². The second kappa shape index (κ2) is 7.90. The second-order valence-electron chi connectivity index (χ2n) is 6.56. The summed E-state index contributed by atoms with van der Waals surface area (Å²) in [6, 6.07) is 14.9. The van der Waals surface area contributed by atoms with Gasteiger partial charge >= 0.3 is 5.97 Å². The number of hydrogen-bond donors (Lipinski definition) is 1. The summed E-state index contributed by atoms with van der Waals surface area (Å²) in [7, 11) is 0. The van der Waals surface area contributed by atoms with Gasteiger partial charge in [-0.3, -0.25) is 4.79 Å². The molecule has 6 heteroatoms. The summed E-state index contributed by atoms with van der Waals surface area (Å²) in [5.41, 5.74) is 3.21. The van der Waals surface area contributed by atoms with Crippen LogP contribution in [0.4, 0.5) is 0 Å². The third-order valence-corrected chi connectivity index (χ3v) is 4.77. The van der Waals surface area contributed by atoms with Gasteiger partial charge in [0.05, 0.1) is 5.56 Å². The zero-order valence-electron chi connectivity index (χ0n) is 15.8. The van der Waals surface area contributed by atoms with Gasteiger partial charge in [0.1, 0.15) is 5.75 Å². The van der Waals surface area contributed by atoms with Gasteiger partial charge in [-0.2, -0.15) is 0 Å². The number of benzene rings is 2. The predicted octanol–water partition coefficient (Wildman–Crippen LogP) is 4.88. The summed E-state index contributed by atoms with van der Waals surface area (Å²) in [6.45, 7) is 5.29. The van der Waals surface area contributed by atoms with Crippen LogP contribution in [-0.4, -0.2) is 27.5 Å². The number of Topliss-reactive ketones (excluding diaryl/α,β-unsaturated/α-hetero) is 1. The molecule has 1 atom stereocenters. The smallest absolute Gasteiger partial charge is 0.338 e. The molecule has 5 nitrogen and oxygen atoms in total. The van der Waals surface area contributed by atoms with E-state index in [-0.39, 0.29) is 17.1 Å². The maximum atomic E-state index is 12.9. The summed E-state index contributed by atoms with van der Waals surface area (Å²) in [5.74, 6) is -0.995. The Morgan fingerprint density at radius 1 is 1.07 bits per heavy atom. The number of carbonyl (C=O) groups excluding carboxylic acids is 2. The van der Waals surface area contributed by atoms with Crippen LogP contribution in [0.5, 0.6) is 5.75 Å². The molecule has 1 N–H and O–H groups in total. The molecule has 1 heterocycles. The van der Waals surface area contributed by atoms with Gasteiger partial charge in [-0.15, -0.1) is 0 Å². The van der Waals surface area contributed by atoms with Crippen molar-refractivity contribution in [2.45, 2.75) is 26.9 Å². The van der Waals surface area contributed by atoms with Crippen LogP contribution in [0, 0.1) is 13.8 Å². The fraction of sp³-hybridized carbons (Fsp3) is 0.182. The Kier molecular flexibility index (Phi) is 5.56. The van der Waals surface area contributed by atoms with Crippen LogP contribution >= 0.6 is 11.6 Å². The summed E-state index contributed by atoms with van der Waals surface area (Å²) < 4.78 is 7.26. The average molecular weight is 398 g/mol. The largest absolute Gasteiger partial charge is 0.508 e. The lowest BCUT2D eigenvalue weighted by molar-refractivity contribution is 0.0318. The molecule has 0 saturated heterocycles. The van der Waals surface area contributed by atoms with Gasteiger partial charge in [0, 0.05) is 27.7 Å². The van der Waals surface area contributed by atoms with Crippen molar-refractivity contribution in [3.8, 4) is 11.4 Å². The molecule has 0 aliphatic rings. The van der Waals surface area contributed by atoms with Gasteiger partial charge in [-0.1, -0.05) is 17.7 Å². The van der Waals surface area contributed by atoms with E-state index < -0.39 is 12.1 Å². The lowest BCUT2D eigenvalue weighted by Crippen LogP contribution is -2.24. The molecule has 3 rings (SSSR count). The molecule has 0 bridgehead atoms. The number of esters is 1. The lowest BCUT2D eigenvalue weighted by Gasteiger charge is -2.13. The molecule has 0 aliphatic carbocycles. The van der Waals surface area contributed by atoms with Crippen molar-refractivity contribution in [3.63, 3.8) is 0 Å². The quantitative estimate of drug-likeness (QED) is 0.492. The number of aromatic hydroxyl groups is 1. The van der Waals surface area contributed by atoms with Gasteiger partial charge in [-0.05, 0) is 69.3 Å². The van der Waals surface area contributed by atoms with Crippen molar-refractivity contribution in [1.82, 2.24) is 4.57 Å². The number of carbonyl (C=O) groups is 2. The van der Waals surface area contributed by atoms with Gasteiger partial charge in [0.2, 0.25) is 5.78 Å². The van der Waals surface area contributed by atoms with Gasteiger partial charge in [0.15, 0.2) is 6.10 Å². The van der Waals surface area contributed by atoms with Crippen LogP contribution in [-0.2, 0) is 4.74 Å². The summed E-state index contributed by atoms with van der Waals surface area (Å²) in [5, 5.41) is 10.1. The molecule has 1 aromatic heterocycles. The average Bonchev–Trinajstić information content (AvgIpc) is 2.96. The molecule has 0 spiro atoms. The molecule has 0 unspecified atom stereocenters. The Hall–Kier alpha value is -3.05. The van der Waals surface area contributed by atoms with Gasteiger partial charge in [0.25, 0.3) is 0 Å². The topological polar surface area (TPSA) is 68.5 Å². The van der Waals surface area contributed by atoms with Gasteiger partial charge < -0.3 is 14.4 Å². The normalized spacial score (nSPS) is 11.9. The molecule has 0 amide bonds. The first-order valence-electron chi connectivity index (χ1n) is 8.77. The molecule has 0 fully saturated rings. The third-order valence-electron chi connectivity index (χ3n) is 4.52. The predicted molar refractivity (Wildman–Crippen MR) is 108 cm³/mol. The molecular weight excluding hydrogens is 378 g/mol. The van der Waals surface area contributed by atoms with Crippen molar-refractivity contribution in [1.29, 1.82) is 0 Å². The van der Waals surface area contributed by atoms with Crippen LogP contribution in [0.25, 0.3) is 5.69 Å². The van der Waals surface area contributed by atoms with E-state index in [0.29, 0.717) is 10.6 Å². The number of ether oxygens (including phenoxy) is 1. The van der Waals surface area contributed by atoms with E-state index in [0.717, 1.165) is 17.1 Å². The number of nitrogens with zero attached hydrogens (tertiary/aromatic N) is 1. The number of phenols is 1. The highest BCUT2D eigenvalue weighted by Gasteiger charge is 2.25. The maximum absolute atomic E-state index is 12.9. The summed E-state index contributed by atoms with van der Waals surface area (Å²) in [6.07, 6.45) is -0.964. The first kappa shape index (κ1) is 19.7. The van der Waals surface area contributed by atoms with Gasteiger partial charge in [-0.25, -0.2) is 4.79 Å². The van der Waals surface area contributed by atoms with Crippen LogP contribution in [0.1, 0.15) is 39.0 Å². The monoisotopic (exact) mass is 397 g/mol. The van der Waals surface area contributed by atoms with E-state index in [2.05, 4.69) is 0 Å². The lowest BCUT2D eigenvalue weighted by atomic mass is 10.1. The van der Waals surface area contributed by atoms with E-state index in [9.17, 15) is 14.7 Å². The first-order valence-corrected chi connectivity index (χ1v) is 9.15. The van der Waals surface area contributed by atoms with Crippen molar-refractivity contribution in [3.05, 3.63) is 82.1 Å². The number of phenolic OH excluding ortho intramolecular Hbond substituents is 1. The minimum atomic E-state index is -0.964. The molecule has 0 aliphatic heterocycles. The Balaban J connectivity index is 1.83. The van der Waals surface area contributed by atoms with E-state index >= 15 is 0 Å². The first-order chi connectivity index (χ1) is 13.3. The standard InChI is InChI=1S/C22H20ClNO4/c1-13-11-20(14(2)24(13)18-9-7-17(23)8-10-18)21(26)15(3)28-22(27)16-5-4-6-19(25)12-16/h4-12,15,25H,1-3H3/t15-/m0/s1.